The standard InChI is InChI=1S/C10H9N5S2/c1-2-15-9(12-13-14-15)17-10-11-7-5-3-4-6-8(7)16-10/h3-6H,2H2,1H3. The van der Waals surface area contributed by atoms with E-state index >= 15 is 0 Å². The molecule has 86 valence electrons. The molecule has 1 aromatic carbocycles. The maximum Gasteiger partial charge on any atom is 0.216 e. The molecule has 3 rings (SSSR count). The SMILES string of the molecule is CCn1nnnc1Sc1nc2ccccc2s1. The van der Waals surface area contributed by atoms with Crippen molar-refractivity contribution >= 4 is 33.3 Å². The lowest BCUT2D eigenvalue weighted by Gasteiger charge is -1.96. The van der Waals surface area contributed by atoms with Crippen molar-refractivity contribution in [2.75, 3.05) is 0 Å². The summed E-state index contributed by atoms with van der Waals surface area (Å²) in [6, 6.07) is 8.09. The summed E-state index contributed by atoms with van der Waals surface area (Å²) in [6.07, 6.45) is 0. The van der Waals surface area contributed by atoms with Crippen molar-refractivity contribution in [2.45, 2.75) is 23.0 Å². The molecule has 0 spiro atoms. The molecule has 17 heavy (non-hydrogen) atoms. The number of fused-ring (bicyclic) bond motifs is 1. The molecule has 0 atom stereocenters. The van der Waals surface area contributed by atoms with Crippen molar-refractivity contribution in [1.82, 2.24) is 25.2 Å². The molecular weight excluding hydrogens is 254 g/mol. The number of rotatable bonds is 3. The molecule has 0 aliphatic heterocycles. The fraction of sp³-hybridized carbons (Fsp3) is 0.200. The Balaban J connectivity index is 1.94. The third-order valence-corrected chi connectivity index (χ3v) is 4.32. The van der Waals surface area contributed by atoms with Crippen LogP contribution in [-0.2, 0) is 6.54 Å². The lowest BCUT2D eigenvalue weighted by Crippen LogP contribution is -1.98. The smallest absolute Gasteiger partial charge is 0.216 e. The second-order valence-corrected chi connectivity index (χ2v) is 5.57. The zero-order valence-electron chi connectivity index (χ0n) is 9.07. The quantitative estimate of drug-likeness (QED) is 0.726. The zero-order chi connectivity index (χ0) is 11.7. The van der Waals surface area contributed by atoms with E-state index in [9.17, 15) is 0 Å². The highest BCUT2D eigenvalue weighted by Crippen LogP contribution is 2.32. The van der Waals surface area contributed by atoms with E-state index in [1.807, 2.05) is 25.1 Å². The number of nitrogens with zero attached hydrogens (tertiary/aromatic N) is 5. The van der Waals surface area contributed by atoms with Gasteiger partial charge in [0, 0.05) is 6.54 Å². The highest BCUT2D eigenvalue weighted by atomic mass is 32.2. The van der Waals surface area contributed by atoms with Crippen LogP contribution in [0.5, 0.6) is 0 Å². The van der Waals surface area contributed by atoms with Gasteiger partial charge in [0.2, 0.25) is 5.16 Å². The van der Waals surface area contributed by atoms with Gasteiger partial charge in [-0.25, -0.2) is 9.67 Å². The van der Waals surface area contributed by atoms with E-state index in [1.165, 1.54) is 16.5 Å². The van der Waals surface area contributed by atoms with Gasteiger partial charge in [0.15, 0.2) is 4.34 Å². The van der Waals surface area contributed by atoms with Gasteiger partial charge in [-0.2, -0.15) is 0 Å². The molecule has 0 unspecified atom stereocenters. The number of aryl methyl sites for hydroxylation is 1. The Morgan fingerprint density at radius 1 is 1.35 bits per heavy atom. The lowest BCUT2D eigenvalue weighted by molar-refractivity contribution is 0.581. The maximum absolute atomic E-state index is 4.54. The molecule has 3 aromatic rings. The number of thiazole rings is 1. The van der Waals surface area contributed by atoms with Crippen molar-refractivity contribution in [2.24, 2.45) is 0 Å². The van der Waals surface area contributed by atoms with Gasteiger partial charge in [0.05, 0.1) is 10.2 Å². The summed E-state index contributed by atoms with van der Waals surface area (Å²) in [5.41, 5.74) is 1.02. The van der Waals surface area contributed by atoms with Crippen molar-refractivity contribution in [1.29, 1.82) is 0 Å². The molecule has 0 saturated carbocycles. The fourth-order valence-corrected chi connectivity index (χ4v) is 3.45. The minimum Gasteiger partial charge on any atom is -0.229 e. The van der Waals surface area contributed by atoms with E-state index in [0.717, 1.165) is 21.6 Å². The molecule has 5 nitrogen and oxygen atoms in total. The predicted molar refractivity (Wildman–Crippen MR) is 67.2 cm³/mol. The molecule has 0 aliphatic rings. The molecule has 2 aromatic heterocycles. The summed E-state index contributed by atoms with van der Waals surface area (Å²) in [5.74, 6) is 0. The Hall–Kier alpha value is -1.47. The first-order chi connectivity index (χ1) is 8.36. The van der Waals surface area contributed by atoms with Gasteiger partial charge in [-0.1, -0.05) is 12.1 Å². The van der Waals surface area contributed by atoms with Crippen LogP contribution in [0.15, 0.2) is 33.8 Å². The average Bonchev–Trinajstić information content (AvgIpc) is 2.94. The molecule has 0 amide bonds. The van der Waals surface area contributed by atoms with E-state index in [0.29, 0.717) is 0 Å². The van der Waals surface area contributed by atoms with Crippen molar-refractivity contribution < 1.29 is 0 Å². The molecule has 7 heteroatoms. The van der Waals surface area contributed by atoms with Gasteiger partial charge in [0.1, 0.15) is 0 Å². The Bertz CT molecular complexity index is 612. The summed E-state index contributed by atoms with van der Waals surface area (Å²) < 4.78 is 3.91. The van der Waals surface area contributed by atoms with Crippen molar-refractivity contribution in [3.63, 3.8) is 0 Å². The maximum atomic E-state index is 4.54. The number of benzene rings is 1. The Kier molecular flexibility index (Phi) is 2.77. The molecule has 2 heterocycles. The lowest BCUT2D eigenvalue weighted by atomic mass is 10.3. The molecule has 0 aliphatic carbocycles. The first kappa shape index (κ1) is 10.7. The van der Waals surface area contributed by atoms with Crippen molar-refractivity contribution in [3.05, 3.63) is 24.3 Å². The normalized spacial score (nSPS) is 11.1. The van der Waals surface area contributed by atoms with Gasteiger partial charge >= 0.3 is 0 Å². The summed E-state index contributed by atoms with van der Waals surface area (Å²) in [6.45, 7) is 2.78. The topological polar surface area (TPSA) is 56.5 Å². The highest BCUT2D eigenvalue weighted by Gasteiger charge is 2.10. The van der Waals surface area contributed by atoms with Crippen LogP contribution in [0.4, 0.5) is 0 Å². The average molecular weight is 263 g/mol. The first-order valence-electron chi connectivity index (χ1n) is 5.16. The molecule has 0 saturated heterocycles. The van der Waals surface area contributed by atoms with Crippen LogP contribution in [0.25, 0.3) is 10.2 Å². The molecule has 0 N–H and O–H groups in total. The zero-order valence-corrected chi connectivity index (χ0v) is 10.7. The van der Waals surface area contributed by atoms with E-state index < -0.39 is 0 Å². The first-order valence-corrected chi connectivity index (χ1v) is 6.79. The van der Waals surface area contributed by atoms with Gasteiger partial charge < -0.3 is 0 Å². The number of hydrogen-bond donors (Lipinski definition) is 0. The van der Waals surface area contributed by atoms with E-state index in [-0.39, 0.29) is 0 Å². The third kappa shape index (κ3) is 2.03. The third-order valence-electron chi connectivity index (χ3n) is 2.25. The fourth-order valence-electron chi connectivity index (χ4n) is 1.44. The molecule has 0 fully saturated rings. The monoisotopic (exact) mass is 263 g/mol. The van der Waals surface area contributed by atoms with Crippen LogP contribution in [0.3, 0.4) is 0 Å². The Morgan fingerprint density at radius 2 is 2.24 bits per heavy atom. The van der Waals surface area contributed by atoms with Crippen LogP contribution in [-0.4, -0.2) is 25.2 Å². The minimum atomic E-state index is 0.764. The van der Waals surface area contributed by atoms with Crippen LogP contribution >= 0.6 is 23.1 Å². The summed E-state index contributed by atoms with van der Waals surface area (Å²) in [4.78, 5) is 4.54. The van der Waals surface area contributed by atoms with Crippen LogP contribution < -0.4 is 0 Å². The summed E-state index contributed by atoms with van der Waals surface area (Å²) in [5, 5.41) is 12.3. The summed E-state index contributed by atoms with van der Waals surface area (Å²) >= 11 is 3.16. The van der Waals surface area contributed by atoms with Crippen molar-refractivity contribution in [3.8, 4) is 0 Å². The largest absolute Gasteiger partial charge is 0.229 e. The van der Waals surface area contributed by atoms with Gasteiger partial charge in [-0.15, -0.1) is 16.4 Å². The van der Waals surface area contributed by atoms with E-state index in [2.05, 4.69) is 26.6 Å². The Morgan fingerprint density at radius 3 is 3.06 bits per heavy atom. The van der Waals surface area contributed by atoms with Gasteiger partial charge in [0.25, 0.3) is 0 Å². The second kappa shape index (κ2) is 4.42. The number of aromatic nitrogens is 5. The van der Waals surface area contributed by atoms with Crippen LogP contribution in [0.1, 0.15) is 6.92 Å². The highest BCUT2D eigenvalue weighted by molar-refractivity contribution is 8.01. The molecule has 0 bridgehead atoms. The number of tetrazole rings is 1. The van der Waals surface area contributed by atoms with E-state index in [1.54, 1.807) is 16.0 Å². The molecule has 0 radical (unpaired) electrons. The van der Waals surface area contributed by atoms with Gasteiger partial charge in [-0.05, 0) is 41.2 Å². The number of para-hydroxylation sites is 1. The van der Waals surface area contributed by atoms with Crippen LogP contribution in [0, 0.1) is 0 Å². The van der Waals surface area contributed by atoms with E-state index in [4.69, 9.17) is 0 Å². The Labute approximate surface area is 106 Å². The summed E-state index contributed by atoms with van der Waals surface area (Å²) in [7, 11) is 0. The second-order valence-electron chi connectivity index (χ2n) is 3.33. The predicted octanol–water partition coefficient (Wildman–Crippen LogP) is 2.45. The minimum absolute atomic E-state index is 0.764. The van der Waals surface area contributed by atoms with Crippen LogP contribution in [0.2, 0.25) is 0 Å². The van der Waals surface area contributed by atoms with Gasteiger partial charge in [-0.3, -0.25) is 0 Å². The number of hydrogen-bond acceptors (Lipinski definition) is 6. The molecular formula is C10H9N5S2.